The van der Waals surface area contributed by atoms with E-state index in [0.717, 1.165) is 81.5 Å². The second kappa shape index (κ2) is 9.27. The molecule has 0 spiro atoms. The van der Waals surface area contributed by atoms with Crippen LogP contribution in [0.3, 0.4) is 0 Å². The number of unbranched alkanes of at least 4 members (excludes halogenated alkanes) is 1. The molecule has 1 amide bonds. The Morgan fingerprint density at radius 1 is 1.24 bits per heavy atom. The topological polar surface area (TPSA) is 61.4 Å². The average Bonchev–Trinajstić information content (AvgIpc) is 2.69. The summed E-state index contributed by atoms with van der Waals surface area (Å²) in [7, 11) is 0. The number of piperidine rings is 1. The molecular weight excluding hydrogens is 334 g/mol. The highest BCUT2D eigenvalue weighted by Crippen LogP contribution is 2.25. The van der Waals surface area contributed by atoms with Crippen LogP contribution in [-0.2, 0) is 4.79 Å². The summed E-state index contributed by atoms with van der Waals surface area (Å²) in [5.41, 5.74) is 0. The van der Waals surface area contributed by atoms with Crippen LogP contribution in [-0.4, -0.2) is 60.1 Å². The van der Waals surface area contributed by atoms with Crippen LogP contribution in [0, 0.1) is 5.92 Å². The third-order valence-corrected chi connectivity index (χ3v) is 5.86. The van der Waals surface area contributed by atoms with Crippen molar-refractivity contribution < 1.29 is 4.79 Å². The first kappa shape index (κ1) is 18.3. The molecular formula is C18H29N5OS. The monoisotopic (exact) mass is 363 g/mol. The zero-order valence-corrected chi connectivity index (χ0v) is 15.9. The smallest absolute Gasteiger partial charge is 0.224 e. The standard InChI is InChI=1S/C18H29N5OS/c1-2-3-6-19-18(24)15-5-4-7-23(13-15)17-12-16(20-14-21-17)22-8-10-25-11-9-22/h12,14-15H,2-11,13H2,1H3,(H,19,24). The number of anilines is 2. The highest BCUT2D eigenvalue weighted by Gasteiger charge is 2.26. The molecule has 3 rings (SSSR count). The van der Waals surface area contributed by atoms with Crippen molar-refractivity contribution >= 4 is 29.3 Å². The Morgan fingerprint density at radius 2 is 2.00 bits per heavy atom. The molecule has 3 heterocycles. The molecule has 2 aliphatic heterocycles. The number of aromatic nitrogens is 2. The molecule has 1 aromatic rings. The number of amides is 1. The van der Waals surface area contributed by atoms with Crippen molar-refractivity contribution in [3.63, 3.8) is 0 Å². The Balaban J connectivity index is 1.62. The van der Waals surface area contributed by atoms with Gasteiger partial charge in [-0.05, 0) is 19.3 Å². The van der Waals surface area contributed by atoms with E-state index in [1.165, 1.54) is 0 Å². The van der Waals surface area contributed by atoms with Gasteiger partial charge >= 0.3 is 0 Å². The fourth-order valence-corrected chi connectivity index (χ4v) is 4.31. The lowest BCUT2D eigenvalue weighted by molar-refractivity contribution is -0.125. The second-order valence-electron chi connectivity index (χ2n) is 6.76. The molecule has 138 valence electrons. The first-order valence-corrected chi connectivity index (χ1v) is 10.6. The molecule has 0 radical (unpaired) electrons. The fraction of sp³-hybridized carbons (Fsp3) is 0.722. The number of carbonyl (C=O) groups excluding carboxylic acids is 1. The SMILES string of the molecule is CCCCNC(=O)C1CCCN(c2cc(N3CCSCC3)ncn2)C1. The van der Waals surface area contributed by atoms with Crippen LogP contribution in [0.15, 0.2) is 12.4 Å². The van der Waals surface area contributed by atoms with Gasteiger partial charge in [-0.25, -0.2) is 9.97 Å². The van der Waals surface area contributed by atoms with Gasteiger partial charge in [-0.2, -0.15) is 11.8 Å². The fourth-order valence-electron chi connectivity index (χ4n) is 3.41. The van der Waals surface area contributed by atoms with Crippen LogP contribution < -0.4 is 15.1 Å². The predicted octanol–water partition coefficient (Wildman–Crippen LogP) is 2.16. The lowest BCUT2D eigenvalue weighted by atomic mass is 9.97. The highest BCUT2D eigenvalue weighted by atomic mass is 32.2. The quantitative estimate of drug-likeness (QED) is 0.782. The number of rotatable bonds is 6. The predicted molar refractivity (Wildman–Crippen MR) is 104 cm³/mol. The molecule has 1 unspecified atom stereocenters. The number of thioether (sulfide) groups is 1. The van der Waals surface area contributed by atoms with Crippen molar-refractivity contribution in [1.82, 2.24) is 15.3 Å². The van der Waals surface area contributed by atoms with Crippen LogP contribution >= 0.6 is 11.8 Å². The Morgan fingerprint density at radius 3 is 2.76 bits per heavy atom. The van der Waals surface area contributed by atoms with Crippen molar-refractivity contribution in [3.05, 3.63) is 12.4 Å². The van der Waals surface area contributed by atoms with Gasteiger partial charge in [0.05, 0.1) is 5.92 Å². The minimum Gasteiger partial charge on any atom is -0.356 e. The third-order valence-electron chi connectivity index (χ3n) is 4.92. The molecule has 0 saturated carbocycles. The van der Waals surface area contributed by atoms with Crippen LogP contribution in [0.2, 0.25) is 0 Å². The molecule has 6 nitrogen and oxygen atoms in total. The van der Waals surface area contributed by atoms with E-state index in [1.54, 1.807) is 6.33 Å². The van der Waals surface area contributed by atoms with Crippen molar-refractivity contribution in [3.8, 4) is 0 Å². The van der Waals surface area contributed by atoms with Gasteiger partial charge in [-0.3, -0.25) is 4.79 Å². The average molecular weight is 364 g/mol. The van der Waals surface area contributed by atoms with E-state index in [9.17, 15) is 4.79 Å². The number of nitrogens with zero attached hydrogens (tertiary/aromatic N) is 4. The van der Waals surface area contributed by atoms with E-state index >= 15 is 0 Å². The first-order chi connectivity index (χ1) is 12.3. The van der Waals surface area contributed by atoms with Gasteiger partial charge in [-0.15, -0.1) is 0 Å². The van der Waals surface area contributed by atoms with Crippen molar-refractivity contribution in [1.29, 1.82) is 0 Å². The number of nitrogens with one attached hydrogen (secondary N) is 1. The zero-order chi connectivity index (χ0) is 17.5. The maximum absolute atomic E-state index is 12.4. The first-order valence-electron chi connectivity index (χ1n) is 9.45. The van der Waals surface area contributed by atoms with Crippen LogP contribution in [0.1, 0.15) is 32.6 Å². The van der Waals surface area contributed by atoms with E-state index < -0.39 is 0 Å². The van der Waals surface area contributed by atoms with Crippen LogP contribution in [0.5, 0.6) is 0 Å². The largest absolute Gasteiger partial charge is 0.356 e. The van der Waals surface area contributed by atoms with E-state index in [-0.39, 0.29) is 11.8 Å². The minimum absolute atomic E-state index is 0.0652. The second-order valence-corrected chi connectivity index (χ2v) is 7.99. The molecule has 2 fully saturated rings. The summed E-state index contributed by atoms with van der Waals surface area (Å²) in [6.07, 6.45) is 5.82. The van der Waals surface area contributed by atoms with Gasteiger partial charge in [0.2, 0.25) is 5.91 Å². The number of hydrogen-bond acceptors (Lipinski definition) is 6. The van der Waals surface area contributed by atoms with Gasteiger partial charge < -0.3 is 15.1 Å². The molecule has 0 aliphatic carbocycles. The number of hydrogen-bond donors (Lipinski definition) is 1. The van der Waals surface area contributed by atoms with Crippen molar-refractivity contribution in [2.45, 2.75) is 32.6 Å². The van der Waals surface area contributed by atoms with Crippen molar-refractivity contribution in [2.24, 2.45) is 5.92 Å². The maximum Gasteiger partial charge on any atom is 0.224 e. The molecule has 2 saturated heterocycles. The Kier molecular flexibility index (Phi) is 6.78. The molecule has 25 heavy (non-hydrogen) atoms. The van der Waals surface area contributed by atoms with E-state index in [1.807, 2.05) is 11.8 Å². The van der Waals surface area contributed by atoms with E-state index in [0.29, 0.717) is 0 Å². The minimum atomic E-state index is 0.0652. The third kappa shape index (κ3) is 5.00. The van der Waals surface area contributed by atoms with Gasteiger partial charge in [0, 0.05) is 50.3 Å². The summed E-state index contributed by atoms with van der Waals surface area (Å²) in [5, 5.41) is 3.08. The summed E-state index contributed by atoms with van der Waals surface area (Å²) in [6, 6.07) is 2.09. The molecule has 0 aromatic carbocycles. The Bertz CT molecular complexity index is 564. The summed E-state index contributed by atoms with van der Waals surface area (Å²) in [4.78, 5) is 25.9. The summed E-state index contributed by atoms with van der Waals surface area (Å²) < 4.78 is 0. The van der Waals surface area contributed by atoms with Crippen LogP contribution in [0.4, 0.5) is 11.6 Å². The molecule has 0 bridgehead atoms. The lowest BCUT2D eigenvalue weighted by Gasteiger charge is -2.34. The Hall–Kier alpha value is -1.50. The number of carbonyl (C=O) groups is 1. The Labute approximate surface area is 154 Å². The zero-order valence-electron chi connectivity index (χ0n) is 15.1. The lowest BCUT2D eigenvalue weighted by Crippen LogP contribution is -2.43. The maximum atomic E-state index is 12.4. The molecule has 1 atom stereocenters. The molecule has 1 N–H and O–H groups in total. The van der Waals surface area contributed by atoms with E-state index in [4.69, 9.17) is 0 Å². The van der Waals surface area contributed by atoms with Crippen LogP contribution in [0.25, 0.3) is 0 Å². The summed E-state index contributed by atoms with van der Waals surface area (Å²) in [6.45, 7) is 6.74. The molecule has 7 heteroatoms. The summed E-state index contributed by atoms with van der Waals surface area (Å²) >= 11 is 2.00. The molecule has 1 aromatic heterocycles. The highest BCUT2D eigenvalue weighted by molar-refractivity contribution is 7.99. The van der Waals surface area contributed by atoms with Gasteiger partial charge in [0.25, 0.3) is 0 Å². The van der Waals surface area contributed by atoms with E-state index in [2.05, 4.69) is 38.1 Å². The van der Waals surface area contributed by atoms with Gasteiger partial charge in [0.1, 0.15) is 18.0 Å². The van der Waals surface area contributed by atoms with Crippen molar-refractivity contribution in [2.75, 3.05) is 54.0 Å². The molecule has 2 aliphatic rings. The van der Waals surface area contributed by atoms with Gasteiger partial charge in [-0.1, -0.05) is 13.3 Å². The normalized spacial score (nSPS) is 21.2. The summed E-state index contributed by atoms with van der Waals surface area (Å²) in [5.74, 6) is 4.54. The van der Waals surface area contributed by atoms with Gasteiger partial charge in [0.15, 0.2) is 0 Å².